The fourth-order valence-electron chi connectivity index (χ4n) is 4.09. The van der Waals surface area contributed by atoms with Crippen LogP contribution in [0.4, 0.5) is 0 Å². The zero-order chi connectivity index (χ0) is 20.7. The Morgan fingerprint density at radius 2 is 1.20 bits per heavy atom. The van der Waals surface area contributed by atoms with Gasteiger partial charge in [-0.2, -0.15) is 0 Å². The Morgan fingerprint density at radius 3 is 1.77 bits per heavy atom. The number of rotatable bonds is 7. The van der Waals surface area contributed by atoms with Crippen LogP contribution in [0.3, 0.4) is 0 Å². The van der Waals surface area contributed by atoms with Crippen molar-refractivity contribution in [1.29, 1.82) is 0 Å². The van der Waals surface area contributed by atoms with E-state index in [0.29, 0.717) is 0 Å². The van der Waals surface area contributed by atoms with Crippen molar-refractivity contribution in [2.24, 2.45) is 0 Å². The Hall–Kier alpha value is -2.95. The Kier molecular flexibility index (Phi) is 6.57. The van der Waals surface area contributed by atoms with Crippen LogP contribution in [-0.4, -0.2) is 6.16 Å². The van der Waals surface area contributed by atoms with E-state index in [1.54, 1.807) is 0 Å². The van der Waals surface area contributed by atoms with Crippen molar-refractivity contribution in [2.45, 2.75) is 13.1 Å². The lowest BCUT2D eigenvalue weighted by Gasteiger charge is -2.27. The van der Waals surface area contributed by atoms with Crippen LogP contribution in [0.15, 0.2) is 121 Å². The van der Waals surface area contributed by atoms with Crippen LogP contribution in [-0.2, 0) is 6.16 Å². The second kappa shape index (κ2) is 9.70. The average molecular weight is 408 g/mol. The molecule has 4 aromatic rings. The van der Waals surface area contributed by atoms with Gasteiger partial charge in [0.15, 0.2) is 0 Å². The normalized spacial score (nSPS) is 11.6. The van der Waals surface area contributed by atoms with Gasteiger partial charge in [-0.3, -0.25) is 0 Å². The topological polar surface area (TPSA) is 0 Å². The van der Waals surface area contributed by atoms with E-state index < -0.39 is 7.26 Å². The van der Waals surface area contributed by atoms with E-state index in [2.05, 4.69) is 134 Å². The Labute approximate surface area is 181 Å². The van der Waals surface area contributed by atoms with Crippen LogP contribution in [0.5, 0.6) is 0 Å². The monoisotopic (exact) mass is 407 g/mol. The molecule has 0 aliphatic rings. The average Bonchev–Trinajstić information content (AvgIpc) is 2.80. The summed E-state index contributed by atoms with van der Waals surface area (Å²) in [4.78, 5) is 0. The summed E-state index contributed by atoms with van der Waals surface area (Å²) in [6.45, 7) is 2.18. The van der Waals surface area contributed by atoms with Gasteiger partial charge in [0, 0.05) is 0 Å². The molecule has 1 heteroatoms. The zero-order valence-electron chi connectivity index (χ0n) is 17.5. The van der Waals surface area contributed by atoms with Crippen molar-refractivity contribution in [1.82, 2.24) is 0 Å². The molecule has 0 aliphatic carbocycles. The number of aryl methyl sites for hydroxylation is 1. The molecule has 30 heavy (non-hydrogen) atoms. The third kappa shape index (κ3) is 4.78. The lowest BCUT2D eigenvalue weighted by molar-refractivity contribution is 1.33. The molecule has 0 unspecified atom stereocenters. The molecule has 0 amide bonds. The highest BCUT2D eigenvalue weighted by molar-refractivity contribution is 7.89. The summed E-state index contributed by atoms with van der Waals surface area (Å²) in [5.41, 5.74) is 4.00. The Morgan fingerprint density at radius 1 is 0.633 bits per heavy atom. The maximum atomic E-state index is 2.39. The van der Waals surface area contributed by atoms with E-state index in [9.17, 15) is 0 Å². The predicted octanol–water partition coefficient (Wildman–Crippen LogP) is 6.88. The van der Waals surface area contributed by atoms with Crippen LogP contribution < -0.4 is 10.6 Å². The second-order valence-electron chi connectivity index (χ2n) is 7.78. The van der Waals surface area contributed by atoms with Crippen LogP contribution >= 0.6 is 7.26 Å². The number of allylic oxidation sites excluding steroid dienone is 1. The summed E-state index contributed by atoms with van der Waals surface area (Å²) in [5.74, 6) is 0. The van der Waals surface area contributed by atoms with Crippen molar-refractivity contribution in [3.05, 3.63) is 138 Å². The molecular weight excluding hydrogens is 379 g/mol. The van der Waals surface area contributed by atoms with Gasteiger partial charge in [-0.05, 0) is 48.4 Å². The van der Waals surface area contributed by atoms with E-state index in [1.165, 1.54) is 27.3 Å². The highest BCUT2D eigenvalue weighted by atomic mass is 31.2. The standard InChI is InChI=1S/C29H28P/c1-25-13-11-16-27(23-25)24-30(28-18-7-3-8-19-28,29-20-9-4-10-21-29)22-12-17-26-14-5-2-6-15-26/h2-21,23H,22,24H2,1H3/q+1/b17-12+. The fraction of sp³-hybridized carbons (Fsp3) is 0.103. The van der Waals surface area contributed by atoms with Crippen molar-refractivity contribution in [3.63, 3.8) is 0 Å². The third-order valence-electron chi connectivity index (χ3n) is 5.56. The summed E-state index contributed by atoms with van der Waals surface area (Å²) in [5, 5.41) is 2.94. The van der Waals surface area contributed by atoms with Crippen LogP contribution in [0.2, 0.25) is 0 Å². The Bertz CT molecular complexity index is 1040. The van der Waals surface area contributed by atoms with Gasteiger partial charge in [-0.1, -0.05) is 103 Å². The van der Waals surface area contributed by atoms with Crippen molar-refractivity contribution in [3.8, 4) is 0 Å². The van der Waals surface area contributed by atoms with Gasteiger partial charge >= 0.3 is 0 Å². The highest BCUT2D eigenvalue weighted by Gasteiger charge is 2.41. The molecule has 0 radical (unpaired) electrons. The number of hydrogen-bond donors (Lipinski definition) is 0. The molecule has 0 saturated heterocycles. The lowest BCUT2D eigenvalue weighted by Crippen LogP contribution is -2.26. The molecule has 0 aliphatic heterocycles. The molecule has 0 fully saturated rings. The molecule has 4 rings (SSSR count). The summed E-state index contributed by atoms with van der Waals surface area (Å²) in [6, 6.07) is 41.9. The van der Waals surface area contributed by atoms with Crippen molar-refractivity contribution >= 4 is 23.9 Å². The summed E-state index contributed by atoms with van der Waals surface area (Å²) in [7, 11) is -1.67. The van der Waals surface area contributed by atoms with E-state index in [-0.39, 0.29) is 0 Å². The van der Waals surface area contributed by atoms with Gasteiger partial charge < -0.3 is 0 Å². The SMILES string of the molecule is Cc1cccc(C[P+](C/C=C/c2ccccc2)(c2ccccc2)c2ccccc2)c1. The summed E-state index contributed by atoms with van der Waals surface area (Å²) < 4.78 is 0. The van der Waals surface area contributed by atoms with Crippen LogP contribution in [0.1, 0.15) is 16.7 Å². The molecule has 0 saturated carbocycles. The van der Waals surface area contributed by atoms with Crippen molar-refractivity contribution < 1.29 is 0 Å². The first kappa shape index (κ1) is 20.3. The van der Waals surface area contributed by atoms with Gasteiger partial charge in [0.25, 0.3) is 0 Å². The minimum absolute atomic E-state index is 1.05. The number of hydrogen-bond acceptors (Lipinski definition) is 0. The highest BCUT2D eigenvalue weighted by Crippen LogP contribution is 2.59. The predicted molar refractivity (Wildman–Crippen MR) is 134 cm³/mol. The summed E-state index contributed by atoms with van der Waals surface area (Å²) >= 11 is 0. The minimum Gasteiger partial charge on any atom is -0.0622 e. The van der Waals surface area contributed by atoms with Crippen molar-refractivity contribution in [2.75, 3.05) is 6.16 Å². The first-order valence-electron chi connectivity index (χ1n) is 10.5. The largest absolute Gasteiger partial charge is 0.0998 e. The zero-order valence-corrected chi connectivity index (χ0v) is 18.4. The molecule has 0 atom stereocenters. The minimum atomic E-state index is -1.67. The Balaban J connectivity index is 1.81. The maximum absolute atomic E-state index is 2.39. The maximum Gasteiger partial charge on any atom is 0.0998 e. The summed E-state index contributed by atoms with van der Waals surface area (Å²) in [6.07, 6.45) is 6.78. The van der Waals surface area contributed by atoms with Gasteiger partial charge in [0.2, 0.25) is 0 Å². The van der Waals surface area contributed by atoms with E-state index in [4.69, 9.17) is 0 Å². The van der Waals surface area contributed by atoms with E-state index >= 15 is 0 Å². The van der Waals surface area contributed by atoms with Crippen LogP contribution in [0, 0.1) is 6.92 Å². The second-order valence-corrected chi connectivity index (χ2v) is 11.4. The lowest BCUT2D eigenvalue weighted by atomic mass is 10.2. The van der Waals surface area contributed by atoms with Gasteiger partial charge in [-0.15, -0.1) is 0 Å². The van der Waals surface area contributed by atoms with Gasteiger partial charge in [0.05, 0.1) is 30.2 Å². The molecule has 0 N–H and O–H groups in total. The van der Waals surface area contributed by atoms with Crippen LogP contribution in [0.25, 0.3) is 6.08 Å². The smallest absolute Gasteiger partial charge is 0.0622 e. The quantitative estimate of drug-likeness (QED) is 0.293. The molecule has 0 bridgehead atoms. The van der Waals surface area contributed by atoms with E-state index in [1.807, 2.05) is 0 Å². The first-order chi connectivity index (χ1) is 14.8. The number of benzene rings is 4. The van der Waals surface area contributed by atoms with Gasteiger partial charge in [-0.25, -0.2) is 0 Å². The fourth-order valence-corrected chi connectivity index (χ4v) is 8.07. The molecule has 0 heterocycles. The molecule has 148 valence electrons. The molecule has 0 aromatic heterocycles. The molecule has 0 spiro atoms. The van der Waals surface area contributed by atoms with Gasteiger partial charge in [0.1, 0.15) is 0 Å². The molecule has 4 aromatic carbocycles. The molecular formula is C29H28P+. The van der Waals surface area contributed by atoms with E-state index in [0.717, 1.165) is 12.3 Å². The molecule has 0 nitrogen and oxygen atoms in total. The third-order valence-corrected chi connectivity index (χ3v) is 9.88. The first-order valence-corrected chi connectivity index (χ1v) is 12.7.